The average Bonchev–Trinajstić information content (AvgIpc) is 3.10. The molecule has 1 saturated heterocycles. The number of Topliss-reactive ketones (excluding diaryl/α,β-unsaturated/α-hetero) is 1. The highest BCUT2D eigenvalue weighted by molar-refractivity contribution is 6.30. The second-order valence-electron chi connectivity index (χ2n) is 9.23. The molecule has 0 bridgehead atoms. The molecule has 3 N–H and O–H groups in total. The monoisotopic (exact) mass is 461 g/mol. The van der Waals surface area contributed by atoms with E-state index in [4.69, 9.17) is 11.6 Å². The topological polar surface area (TPSA) is 119 Å². The number of halogens is 1. The molecule has 1 heterocycles. The van der Waals surface area contributed by atoms with Crippen LogP contribution in [0.15, 0.2) is 24.3 Å². The van der Waals surface area contributed by atoms with Crippen molar-refractivity contribution in [2.75, 3.05) is 6.54 Å². The summed E-state index contributed by atoms with van der Waals surface area (Å²) in [7, 11) is 0. The van der Waals surface area contributed by atoms with Gasteiger partial charge in [0.2, 0.25) is 11.8 Å². The summed E-state index contributed by atoms with van der Waals surface area (Å²) in [5.41, 5.74) is -0.814. The predicted molar refractivity (Wildman–Crippen MR) is 121 cm³/mol. The molecule has 0 spiro atoms. The summed E-state index contributed by atoms with van der Waals surface area (Å²) in [6.45, 7) is 6.05. The summed E-state index contributed by atoms with van der Waals surface area (Å²) in [6.07, 6.45) is 1.20. The van der Waals surface area contributed by atoms with Crippen molar-refractivity contribution < 1.29 is 19.5 Å². The van der Waals surface area contributed by atoms with Crippen LogP contribution in [0.25, 0.3) is 0 Å². The minimum absolute atomic E-state index is 0.0319. The molecule has 0 aromatic heterocycles. The molecule has 2 amide bonds. The Morgan fingerprint density at radius 3 is 2.53 bits per heavy atom. The Balaban J connectivity index is 2.02. The zero-order chi connectivity index (χ0) is 23.9. The van der Waals surface area contributed by atoms with Crippen molar-refractivity contribution in [3.63, 3.8) is 0 Å². The molecule has 1 aliphatic heterocycles. The van der Waals surface area contributed by atoms with Crippen molar-refractivity contribution in [2.24, 2.45) is 17.8 Å². The Morgan fingerprint density at radius 2 is 2.00 bits per heavy atom. The maximum atomic E-state index is 12.9. The third-order valence-corrected chi connectivity index (χ3v) is 6.02. The van der Waals surface area contributed by atoms with Gasteiger partial charge in [0.1, 0.15) is 11.8 Å². The van der Waals surface area contributed by atoms with E-state index in [9.17, 15) is 24.8 Å². The first kappa shape index (κ1) is 25.8. The fraction of sp³-hybridized carbons (Fsp3) is 0.583. The van der Waals surface area contributed by atoms with Gasteiger partial charge in [0.15, 0.2) is 0 Å². The van der Waals surface area contributed by atoms with Gasteiger partial charge in [-0.1, -0.05) is 37.6 Å². The number of aliphatic hydroxyl groups is 1. The number of carbonyl (C=O) groups excluding carboxylic acids is 3. The molecule has 1 aliphatic rings. The van der Waals surface area contributed by atoms with Crippen LogP contribution in [-0.2, 0) is 20.0 Å². The van der Waals surface area contributed by atoms with Gasteiger partial charge in [-0.3, -0.25) is 14.4 Å². The van der Waals surface area contributed by atoms with Gasteiger partial charge in [-0.2, -0.15) is 5.26 Å². The van der Waals surface area contributed by atoms with Gasteiger partial charge >= 0.3 is 0 Å². The summed E-state index contributed by atoms with van der Waals surface area (Å²) in [5, 5.41) is 26.2. The van der Waals surface area contributed by atoms with E-state index in [1.54, 1.807) is 31.2 Å². The van der Waals surface area contributed by atoms with Gasteiger partial charge in [0.25, 0.3) is 0 Å². The molecule has 4 unspecified atom stereocenters. The van der Waals surface area contributed by atoms with E-state index in [0.717, 1.165) is 0 Å². The van der Waals surface area contributed by atoms with Gasteiger partial charge < -0.3 is 15.7 Å². The molecule has 0 saturated carbocycles. The smallest absolute Gasteiger partial charge is 0.224 e. The predicted octanol–water partition coefficient (Wildman–Crippen LogP) is 3.09. The summed E-state index contributed by atoms with van der Waals surface area (Å²) >= 11 is 5.90. The number of carbonyl (C=O) groups is 3. The molecule has 4 atom stereocenters. The van der Waals surface area contributed by atoms with Gasteiger partial charge in [-0.05, 0) is 49.8 Å². The highest BCUT2D eigenvalue weighted by Crippen LogP contribution is 2.28. The van der Waals surface area contributed by atoms with E-state index in [1.807, 2.05) is 13.8 Å². The van der Waals surface area contributed by atoms with E-state index in [2.05, 4.69) is 16.7 Å². The zero-order valence-corrected chi connectivity index (χ0v) is 19.6. The molecule has 1 aromatic carbocycles. The van der Waals surface area contributed by atoms with Crippen molar-refractivity contribution in [1.29, 1.82) is 5.26 Å². The largest absolute Gasteiger partial charge is 0.385 e. The lowest BCUT2D eigenvalue weighted by Gasteiger charge is -2.25. The lowest BCUT2D eigenvalue weighted by Crippen LogP contribution is -2.41. The minimum atomic E-state index is -1.38. The Kier molecular flexibility index (Phi) is 9.23. The molecule has 1 fully saturated rings. The second-order valence-corrected chi connectivity index (χ2v) is 9.67. The Bertz CT molecular complexity index is 861. The van der Waals surface area contributed by atoms with Crippen molar-refractivity contribution in [2.45, 2.75) is 64.5 Å². The molecular weight excluding hydrogens is 430 g/mol. The van der Waals surface area contributed by atoms with Crippen LogP contribution in [0.4, 0.5) is 0 Å². The highest BCUT2D eigenvalue weighted by atomic mass is 35.5. The number of nitrogens with one attached hydrogen (secondary N) is 2. The van der Waals surface area contributed by atoms with Crippen molar-refractivity contribution in [1.82, 2.24) is 10.6 Å². The first-order chi connectivity index (χ1) is 15.0. The molecule has 174 valence electrons. The first-order valence-corrected chi connectivity index (χ1v) is 11.4. The van der Waals surface area contributed by atoms with Gasteiger partial charge in [-0.15, -0.1) is 0 Å². The molecule has 0 aliphatic carbocycles. The van der Waals surface area contributed by atoms with Crippen LogP contribution in [-0.4, -0.2) is 35.3 Å². The number of hydrogen-bond donors (Lipinski definition) is 3. The van der Waals surface area contributed by atoms with Crippen LogP contribution in [0, 0.1) is 29.1 Å². The molecular formula is C24H32ClN3O4. The Labute approximate surface area is 194 Å². The normalized spacial score (nSPS) is 19.5. The van der Waals surface area contributed by atoms with E-state index in [0.29, 0.717) is 30.0 Å². The van der Waals surface area contributed by atoms with Gasteiger partial charge in [0.05, 0.1) is 11.7 Å². The standard InChI is InChI=1S/C24H32ClN3O4/c1-15(2)10-17(23(31)28-20(14-26)11-16-8-9-27-22(16)30)12-21(29)13-24(3,32)18-4-6-19(25)7-5-18/h4-7,15-17,20,32H,8-13H2,1-3H3,(H,27,30)(H,28,31). The van der Waals surface area contributed by atoms with Crippen LogP contribution < -0.4 is 10.6 Å². The Morgan fingerprint density at radius 1 is 1.34 bits per heavy atom. The SMILES string of the molecule is CC(C)CC(CC(=O)CC(C)(O)c1ccc(Cl)cc1)C(=O)NC(C#N)CC1CCNC1=O. The maximum absolute atomic E-state index is 12.9. The quantitative estimate of drug-likeness (QED) is 0.467. The van der Waals surface area contributed by atoms with E-state index in [-0.39, 0.29) is 48.7 Å². The second kappa shape index (κ2) is 11.4. The number of rotatable bonds is 11. The maximum Gasteiger partial charge on any atom is 0.224 e. The van der Waals surface area contributed by atoms with Crippen LogP contribution >= 0.6 is 11.6 Å². The van der Waals surface area contributed by atoms with E-state index < -0.39 is 17.6 Å². The fourth-order valence-electron chi connectivity index (χ4n) is 4.08. The third kappa shape index (κ3) is 7.61. The lowest BCUT2D eigenvalue weighted by molar-refractivity contribution is -0.132. The van der Waals surface area contributed by atoms with Crippen LogP contribution in [0.2, 0.25) is 5.02 Å². The van der Waals surface area contributed by atoms with Crippen LogP contribution in [0.1, 0.15) is 58.4 Å². The molecule has 8 heteroatoms. The Hall–Kier alpha value is -2.43. The lowest BCUT2D eigenvalue weighted by atomic mass is 9.85. The first-order valence-electron chi connectivity index (χ1n) is 11.0. The third-order valence-electron chi connectivity index (χ3n) is 5.76. The van der Waals surface area contributed by atoms with Gasteiger partial charge in [0, 0.05) is 36.2 Å². The van der Waals surface area contributed by atoms with E-state index in [1.165, 1.54) is 0 Å². The fourth-order valence-corrected chi connectivity index (χ4v) is 4.21. The molecule has 0 radical (unpaired) electrons. The molecule has 1 aromatic rings. The summed E-state index contributed by atoms with van der Waals surface area (Å²) < 4.78 is 0. The summed E-state index contributed by atoms with van der Waals surface area (Å²) in [6, 6.07) is 7.91. The van der Waals surface area contributed by atoms with Crippen molar-refractivity contribution in [3.05, 3.63) is 34.9 Å². The van der Waals surface area contributed by atoms with Crippen LogP contribution in [0.3, 0.4) is 0 Å². The number of nitrogens with zero attached hydrogens (tertiary/aromatic N) is 1. The van der Waals surface area contributed by atoms with Crippen molar-refractivity contribution in [3.8, 4) is 6.07 Å². The average molecular weight is 462 g/mol. The molecule has 7 nitrogen and oxygen atoms in total. The number of hydrogen-bond acceptors (Lipinski definition) is 5. The number of ketones is 1. The molecule has 32 heavy (non-hydrogen) atoms. The van der Waals surface area contributed by atoms with Crippen LogP contribution in [0.5, 0.6) is 0 Å². The number of benzene rings is 1. The molecule has 2 rings (SSSR count). The highest BCUT2D eigenvalue weighted by Gasteiger charge is 2.32. The summed E-state index contributed by atoms with van der Waals surface area (Å²) in [4.78, 5) is 37.5. The number of nitriles is 1. The minimum Gasteiger partial charge on any atom is -0.385 e. The summed E-state index contributed by atoms with van der Waals surface area (Å²) in [5.74, 6) is -1.46. The zero-order valence-electron chi connectivity index (χ0n) is 18.9. The van der Waals surface area contributed by atoms with E-state index >= 15 is 0 Å². The van der Waals surface area contributed by atoms with Crippen molar-refractivity contribution >= 4 is 29.2 Å². The van der Waals surface area contributed by atoms with Gasteiger partial charge in [-0.25, -0.2) is 0 Å². The number of amides is 2.